The highest BCUT2D eigenvalue weighted by Crippen LogP contribution is 2.04. The molecule has 0 saturated carbocycles. The van der Waals surface area contributed by atoms with E-state index in [9.17, 15) is 4.79 Å². The van der Waals surface area contributed by atoms with Gasteiger partial charge in [-0.1, -0.05) is 6.07 Å². The van der Waals surface area contributed by atoms with Gasteiger partial charge < -0.3 is 4.74 Å². The Morgan fingerprint density at radius 1 is 1.57 bits per heavy atom. The Morgan fingerprint density at radius 2 is 2.36 bits per heavy atom. The van der Waals surface area contributed by atoms with Crippen LogP contribution in [0.2, 0.25) is 0 Å². The fourth-order valence-corrected chi connectivity index (χ4v) is 1.42. The summed E-state index contributed by atoms with van der Waals surface area (Å²) in [5, 5.41) is 0. The lowest BCUT2D eigenvalue weighted by Gasteiger charge is -2.04. The zero-order chi connectivity index (χ0) is 10.1. The number of aromatic nitrogens is 2. The molecule has 0 amide bonds. The second-order valence-corrected chi connectivity index (χ2v) is 3.01. The molecule has 0 aliphatic rings. The van der Waals surface area contributed by atoms with Gasteiger partial charge in [0.1, 0.15) is 19.2 Å². The molecule has 0 radical (unpaired) electrons. The zero-order valence-corrected chi connectivity index (χ0v) is 8.02. The molecule has 2 heterocycles. The lowest BCUT2D eigenvalue weighted by Crippen LogP contribution is -2.14. The quantitative estimate of drug-likeness (QED) is 0.442. The highest BCUT2D eigenvalue weighted by atomic mass is 16.5. The average Bonchev–Trinajstić information content (AvgIpc) is 2.67. The molecule has 0 aliphatic heterocycles. The molecule has 0 spiro atoms. The first-order chi connectivity index (χ1) is 6.74. The zero-order valence-electron chi connectivity index (χ0n) is 8.02. The SMILES string of the molecule is Bc1ccc(C(=O)OC)n2ccnc12. The molecule has 2 aromatic rings. The Labute approximate surface area is 81.9 Å². The second kappa shape index (κ2) is 3.18. The van der Waals surface area contributed by atoms with Crippen molar-refractivity contribution in [3.8, 4) is 0 Å². The second-order valence-electron chi connectivity index (χ2n) is 3.01. The van der Waals surface area contributed by atoms with E-state index in [1.807, 2.05) is 13.9 Å². The molecule has 0 aromatic carbocycles. The van der Waals surface area contributed by atoms with Gasteiger partial charge in [-0.3, -0.25) is 4.40 Å². The Hall–Kier alpha value is -1.78. The van der Waals surface area contributed by atoms with Crippen molar-refractivity contribution in [1.82, 2.24) is 9.38 Å². The van der Waals surface area contributed by atoms with Crippen LogP contribution >= 0.6 is 0 Å². The van der Waals surface area contributed by atoms with Gasteiger partial charge in [0.15, 0.2) is 0 Å². The third kappa shape index (κ3) is 1.17. The topological polar surface area (TPSA) is 43.6 Å². The summed E-state index contributed by atoms with van der Waals surface area (Å²) in [4.78, 5) is 15.5. The average molecular weight is 188 g/mol. The molecule has 5 heteroatoms. The number of nitrogens with zero attached hydrogens (tertiary/aromatic N) is 2. The summed E-state index contributed by atoms with van der Waals surface area (Å²) in [7, 11) is 3.31. The summed E-state index contributed by atoms with van der Waals surface area (Å²) in [6.45, 7) is 0. The summed E-state index contributed by atoms with van der Waals surface area (Å²) >= 11 is 0. The molecule has 0 unspecified atom stereocenters. The molecule has 2 aromatic heterocycles. The van der Waals surface area contributed by atoms with Crippen LogP contribution in [0.3, 0.4) is 0 Å². The monoisotopic (exact) mass is 188 g/mol. The van der Waals surface area contributed by atoms with Gasteiger partial charge in [0.2, 0.25) is 0 Å². The Bertz CT molecular complexity index is 493. The summed E-state index contributed by atoms with van der Waals surface area (Å²) in [6.07, 6.45) is 3.41. The lowest BCUT2D eigenvalue weighted by atomic mass is 9.97. The van der Waals surface area contributed by atoms with Crippen LogP contribution in [0, 0.1) is 0 Å². The number of imidazole rings is 1. The molecule has 0 bridgehead atoms. The van der Waals surface area contributed by atoms with Crippen LogP contribution in [0.25, 0.3) is 5.65 Å². The number of carbonyl (C=O) groups is 1. The minimum atomic E-state index is -0.354. The fourth-order valence-electron chi connectivity index (χ4n) is 1.42. The van der Waals surface area contributed by atoms with Crippen molar-refractivity contribution in [3.63, 3.8) is 0 Å². The first-order valence-corrected chi connectivity index (χ1v) is 4.25. The molecular weight excluding hydrogens is 179 g/mol. The summed E-state index contributed by atoms with van der Waals surface area (Å²) in [5.74, 6) is -0.354. The van der Waals surface area contributed by atoms with E-state index in [4.69, 9.17) is 0 Å². The van der Waals surface area contributed by atoms with E-state index in [2.05, 4.69) is 9.72 Å². The van der Waals surface area contributed by atoms with Crippen LogP contribution in [0.5, 0.6) is 0 Å². The van der Waals surface area contributed by atoms with Gasteiger partial charge >= 0.3 is 5.97 Å². The van der Waals surface area contributed by atoms with E-state index in [-0.39, 0.29) is 5.97 Å². The Morgan fingerprint density at radius 3 is 3.07 bits per heavy atom. The molecule has 2 rings (SSSR count). The predicted molar refractivity (Wildman–Crippen MR) is 54.7 cm³/mol. The number of ether oxygens (including phenoxy) is 1. The van der Waals surface area contributed by atoms with Gasteiger partial charge in [0, 0.05) is 12.4 Å². The highest BCUT2D eigenvalue weighted by Gasteiger charge is 2.10. The van der Waals surface area contributed by atoms with Gasteiger partial charge in [-0.15, -0.1) is 0 Å². The normalized spacial score (nSPS) is 10.4. The van der Waals surface area contributed by atoms with Crippen LogP contribution < -0.4 is 5.46 Å². The third-order valence-electron chi connectivity index (χ3n) is 2.14. The van der Waals surface area contributed by atoms with E-state index >= 15 is 0 Å². The summed E-state index contributed by atoms with van der Waals surface area (Å²) in [5.41, 5.74) is 2.31. The van der Waals surface area contributed by atoms with Gasteiger partial charge in [0.25, 0.3) is 0 Å². The van der Waals surface area contributed by atoms with Crippen LogP contribution in [-0.2, 0) is 4.74 Å². The number of carbonyl (C=O) groups excluding carboxylic acids is 1. The van der Waals surface area contributed by atoms with Gasteiger partial charge in [-0.05, 0) is 11.5 Å². The molecule has 0 N–H and O–H groups in total. The first-order valence-electron chi connectivity index (χ1n) is 4.25. The molecule has 70 valence electrons. The van der Waals surface area contributed by atoms with Gasteiger partial charge in [-0.2, -0.15) is 0 Å². The molecule has 4 nitrogen and oxygen atoms in total. The van der Waals surface area contributed by atoms with Crippen LogP contribution in [0.1, 0.15) is 10.5 Å². The lowest BCUT2D eigenvalue weighted by molar-refractivity contribution is 0.0592. The Kier molecular flexibility index (Phi) is 2.00. The maximum absolute atomic E-state index is 11.4. The van der Waals surface area contributed by atoms with Crippen LogP contribution in [0.4, 0.5) is 0 Å². The van der Waals surface area contributed by atoms with Crippen LogP contribution in [0.15, 0.2) is 24.5 Å². The number of pyridine rings is 1. The minimum Gasteiger partial charge on any atom is -0.464 e. The van der Waals surface area contributed by atoms with E-state index < -0.39 is 0 Å². The molecule has 14 heavy (non-hydrogen) atoms. The first kappa shape index (κ1) is 8.81. The maximum Gasteiger partial charge on any atom is 0.355 e. The summed E-state index contributed by atoms with van der Waals surface area (Å²) < 4.78 is 6.39. The number of methoxy groups -OCH3 is 1. The Balaban J connectivity index is 2.72. The standard InChI is InChI=1S/C9H9BN2O2/c1-14-9(13)7-3-2-6(10)8-11-4-5-12(7)8/h2-5H,10H2,1H3. The maximum atomic E-state index is 11.4. The molecule has 0 saturated heterocycles. The number of esters is 1. The molecule has 0 atom stereocenters. The van der Waals surface area contributed by atoms with E-state index in [1.165, 1.54) is 7.11 Å². The number of rotatable bonds is 1. The fraction of sp³-hybridized carbons (Fsp3) is 0.111. The number of fused-ring (bicyclic) bond motifs is 1. The van der Waals surface area contributed by atoms with E-state index in [0.717, 1.165) is 11.1 Å². The van der Waals surface area contributed by atoms with Crippen molar-refractivity contribution in [2.75, 3.05) is 7.11 Å². The molecule has 0 fully saturated rings. The minimum absolute atomic E-state index is 0.354. The van der Waals surface area contributed by atoms with E-state index in [0.29, 0.717) is 5.69 Å². The van der Waals surface area contributed by atoms with Crippen molar-refractivity contribution >= 4 is 24.9 Å². The number of hydrogen-bond acceptors (Lipinski definition) is 3. The van der Waals surface area contributed by atoms with Crippen LogP contribution in [-0.4, -0.2) is 30.3 Å². The molecule has 0 aliphatic carbocycles. The highest BCUT2D eigenvalue weighted by molar-refractivity contribution is 6.36. The largest absolute Gasteiger partial charge is 0.464 e. The van der Waals surface area contributed by atoms with Gasteiger partial charge in [-0.25, -0.2) is 9.78 Å². The van der Waals surface area contributed by atoms with Crippen molar-refractivity contribution < 1.29 is 9.53 Å². The molecular formula is C9H9BN2O2. The smallest absolute Gasteiger partial charge is 0.355 e. The third-order valence-corrected chi connectivity index (χ3v) is 2.14. The van der Waals surface area contributed by atoms with Crippen molar-refractivity contribution in [2.24, 2.45) is 0 Å². The van der Waals surface area contributed by atoms with Crippen molar-refractivity contribution in [3.05, 3.63) is 30.2 Å². The van der Waals surface area contributed by atoms with Crippen molar-refractivity contribution in [1.29, 1.82) is 0 Å². The predicted octanol–water partition coefficient (Wildman–Crippen LogP) is -0.621. The van der Waals surface area contributed by atoms with E-state index in [1.54, 1.807) is 22.9 Å². The van der Waals surface area contributed by atoms with Gasteiger partial charge in [0.05, 0.1) is 7.11 Å². The van der Waals surface area contributed by atoms with Crippen molar-refractivity contribution in [2.45, 2.75) is 0 Å². The number of hydrogen-bond donors (Lipinski definition) is 0. The summed E-state index contributed by atoms with van der Waals surface area (Å²) in [6, 6.07) is 3.59.